The van der Waals surface area contributed by atoms with Crippen LogP contribution in [0.3, 0.4) is 0 Å². The number of nitrogens with zero attached hydrogens (tertiary/aromatic N) is 1. The van der Waals surface area contributed by atoms with Crippen LogP contribution in [0.1, 0.15) is 17.5 Å². The molecule has 0 saturated heterocycles. The van der Waals surface area contributed by atoms with Crippen molar-refractivity contribution in [3.05, 3.63) is 64.1 Å². The molecule has 0 heterocycles. The van der Waals surface area contributed by atoms with Crippen molar-refractivity contribution in [1.82, 2.24) is 5.06 Å². The Hall–Kier alpha value is -2.22. The molecular weight excluding hydrogens is 378 g/mol. The number of rotatable bonds is 5. The van der Waals surface area contributed by atoms with Gasteiger partial charge in [-0.1, -0.05) is 46.3 Å². The number of amides is 1. The number of hydroxylamine groups is 2. The lowest BCUT2D eigenvalue weighted by atomic mass is 9.81. The standard InChI is InChI=1S/C17H16BrNO5/c1-19(24)16(22)15(21)10-17(23,11-5-4-6-12(18)9-11)13-7-2-3-8-14(13)20/h2-9,20,23-24H,10H2,1H3. The first-order valence-corrected chi connectivity index (χ1v) is 7.81. The molecule has 0 spiro atoms. The summed E-state index contributed by atoms with van der Waals surface area (Å²) >= 11 is 3.29. The molecule has 2 rings (SSSR count). The third-order valence-electron chi connectivity index (χ3n) is 3.60. The number of benzene rings is 2. The molecule has 0 fully saturated rings. The summed E-state index contributed by atoms with van der Waals surface area (Å²) < 4.78 is 0.659. The summed E-state index contributed by atoms with van der Waals surface area (Å²) in [7, 11) is 1.03. The van der Waals surface area contributed by atoms with Gasteiger partial charge in [-0.2, -0.15) is 0 Å². The van der Waals surface area contributed by atoms with Gasteiger partial charge in [0.15, 0.2) is 0 Å². The van der Waals surface area contributed by atoms with Gasteiger partial charge >= 0.3 is 5.91 Å². The number of Topliss-reactive ketones (excluding diaryl/α,β-unsaturated/α-hetero) is 1. The van der Waals surface area contributed by atoms with Gasteiger partial charge in [0, 0.05) is 17.1 Å². The topological polar surface area (TPSA) is 98.1 Å². The number of ketones is 1. The molecule has 24 heavy (non-hydrogen) atoms. The van der Waals surface area contributed by atoms with Crippen molar-refractivity contribution >= 4 is 27.6 Å². The first kappa shape index (κ1) is 18.1. The molecule has 126 valence electrons. The molecule has 0 aromatic heterocycles. The number of aliphatic hydroxyl groups is 1. The lowest BCUT2D eigenvalue weighted by Crippen LogP contribution is -2.37. The summed E-state index contributed by atoms with van der Waals surface area (Å²) in [5.41, 5.74) is -1.53. The van der Waals surface area contributed by atoms with Gasteiger partial charge in [-0.15, -0.1) is 0 Å². The largest absolute Gasteiger partial charge is 0.508 e. The van der Waals surface area contributed by atoms with Crippen LogP contribution in [0.25, 0.3) is 0 Å². The van der Waals surface area contributed by atoms with E-state index in [0.29, 0.717) is 10.0 Å². The molecule has 0 aliphatic heterocycles. The van der Waals surface area contributed by atoms with Crippen LogP contribution in [0, 0.1) is 0 Å². The lowest BCUT2D eigenvalue weighted by Gasteiger charge is -2.29. The maximum atomic E-state index is 12.1. The molecule has 0 radical (unpaired) electrons. The molecule has 1 unspecified atom stereocenters. The second-order valence-electron chi connectivity index (χ2n) is 5.32. The Kier molecular flexibility index (Phi) is 5.38. The quantitative estimate of drug-likeness (QED) is 0.410. The molecule has 2 aromatic carbocycles. The van der Waals surface area contributed by atoms with Gasteiger partial charge in [-0.05, 0) is 23.8 Å². The summed E-state index contributed by atoms with van der Waals surface area (Å²) in [4.78, 5) is 23.8. The van der Waals surface area contributed by atoms with Crippen molar-refractivity contribution in [2.24, 2.45) is 0 Å². The van der Waals surface area contributed by atoms with E-state index in [2.05, 4.69) is 15.9 Å². The van der Waals surface area contributed by atoms with Gasteiger partial charge in [-0.25, -0.2) is 5.06 Å². The molecule has 3 N–H and O–H groups in total. The zero-order chi connectivity index (χ0) is 17.9. The minimum absolute atomic E-state index is 0.0878. The van der Waals surface area contributed by atoms with Crippen molar-refractivity contribution in [3.63, 3.8) is 0 Å². The normalized spacial score (nSPS) is 13.2. The number of halogens is 1. The van der Waals surface area contributed by atoms with Crippen LogP contribution in [0.15, 0.2) is 53.0 Å². The maximum absolute atomic E-state index is 12.1. The predicted octanol–water partition coefficient (Wildman–Crippen LogP) is 2.20. The smallest absolute Gasteiger partial charge is 0.313 e. The van der Waals surface area contributed by atoms with Crippen LogP contribution in [-0.4, -0.2) is 39.2 Å². The Morgan fingerprint density at radius 3 is 2.42 bits per heavy atom. The Balaban J connectivity index is 2.56. The number of phenols is 1. The first-order valence-electron chi connectivity index (χ1n) is 7.02. The average Bonchev–Trinajstić information content (AvgIpc) is 2.54. The number of carbonyl (C=O) groups excluding carboxylic acids is 2. The summed E-state index contributed by atoms with van der Waals surface area (Å²) in [6.07, 6.45) is -0.634. The number of hydrogen-bond donors (Lipinski definition) is 3. The van der Waals surface area contributed by atoms with Gasteiger partial charge in [0.05, 0.1) is 6.42 Å². The summed E-state index contributed by atoms with van der Waals surface area (Å²) in [6, 6.07) is 12.6. The number of carbonyl (C=O) groups is 2. The van der Waals surface area contributed by atoms with E-state index in [9.17, 15) is 19.8 Å². The predicted molar refractivity (Wildman–Crippen MR) is 89.4 cm³/mol. The molecule has 1 atom stereocenters. The fourth-order valence-electron chi connectivity index (χ4n) is 2.41. The van der Waals surface area contributed by atoms with E-state index in [-0.39, 0.29) is 16.4 Å². The minimum Gasteiger partial charge on any atom is -0.508 e. The monoisotopic (exact) mass is 393 g/mol. The number of aromatic hydroxyl groups is 1. The van der Waals surface area contributed by atoms with Crippen LogP contribution in [0.5, 0.6) is 5.75 Å². The van der Waals surface area contributed by atoms with E-state index >= 15 is 0 Å². The van der Waals surface area contributed by atoms with Crippen LogP contribution < -0.4 is 0 Å². The Morgan fingerprint density at radius 2 is 1.83 bits per heavy atom. The zero-order valence-corrected chi connectivity index (χ0v) is 14.4. The summed E-state index contributed by atoms with van der Waals surface area (Å²) in [5, 5.41) is 30.6. The first-order chi connectivity index (χ1) is 11.3. The van der Waals surface area contributed by atoms with Gasteiger partial charge in [0.2, 0.25) is 5.78 Å². The van der Waals surface area contributed by atoms with Crippen molar-refractivity contribution in [2.45, 2.75) is 12.0 Å². The van der Waals surface area contributed by atoms with E-state index in [4.69, 9.17) is 5.21 Å². The number of phenolic OH excluding ortho intramolecular Hbond substituents is 1. The highest BCUT2D eigenvalue weighted by atomic mass is 79.9. The van der Waals surface area contributed by atoms with Crippen LogP contribution >= 0.6 is 15.9 Å². The van der Waals surface area contributed by atoms with Gasteiger partial charge < -0.3 is 10.2 Å². The van der Waals surface area contributed by atoms with E-state index in [1.165, 1.54) is 12.1 Å². The molecule has 1 amide bonds. The van der Waals surface area contributed by atoms with Crippen LogP contribution in [-0.2, 0) is 15.2 Å². The molecule has 6 nitrogen and oxygen atoms in total. The Labute approximate surface area is 147 Å². The fraction of sp³-hybridized carbons (Fsp3) is 0.176. The van der Waals surface area contributed by atoms with Crippen molar-refractivity contribution in [1.29, 1.82) is 0 Å². The van der Waals surface area contributed by atoms with Gasteiger partial charge in [-0.3, -0.25) is 14.8 Å². The van der Waals surface area contributed by atoms with Gasteiger partial charge in [0.25, 0.3) is 0 Å². The Morgan fingerprint density at radius 1 is 1.17 bits per heavy atom. The van der Waals surface area contributed by atoms with Crippen molar-refractivity contribution < 1.29 is 25.0 Å². The number of hydrogen-bond acceptors (Lipinski definition) is 5. The molecule has 0 saturated carbocycles. The fourth-order valence-corrected chi connectivity index (χ4v) is 2.81. The summed E-state index contributed by atoms with van der Waals surface area (Å²) in [6.45, 7) is 0. The summed E-state index contributed by atoms with van der Waals surface area (Å²) in [5.74, 6) is -2.36. The highest BCUT2D eigenvalue weighted by Crippen LogP contribution is 2.38. The second kappa shape index (κ2) is 7.12. The van der Waals surface area contributed by atoms with E-state index in [1.54, 1.807) is 36.4 Å². The van der Waals surface area contributed by atoms with E-state index < -0.39 is 23.7 Å². The molecule has 0 aliphatic carbocycles. The van der Waals surface area contributed by atoms with Crippen LogP contribution in [0.2, 0.25) is 0 Å². The average molecular weight is 394 g/mol. The van der Waals surface area contributed by atoms with Crippen molar-refractivity contribution in [3.8, 4) is 5.75 Å². The third kappa shape index (κ3) is 3.64. The molecular formula is C17H16BrNO5. The maximum Gasteiger partial charge on any atom is 0.313 e. The van der Waals surface area contributed by atoms with E-state index in [0.717, 1.165) is 7.05 Å². The van der Waals surface area contributed by atoms with Crippen LogP contribution in [0.4, 0.5) is 0 Å². The third-order valence-corrected chi connectivity index (χ3v) is 4.09. The zero-order valence-electron chi connectivity index (χ0n) is 12.8. The number of likely N-dealkylation sites (N-methyl/N-ethyl adjacent to an activating group) is 1. The van der Waals surface area contributed by atoms with Gasteiger partial charge in [0.1, 0.15) is 11.4 Å². The second-order valence-corrected chi connectivity index (χ2v) is 6.23. The molecule has 2 aromatic rings. The molecule has 0 bridgehead atoms. The molecule has 7 heteroatoms. The highest BCUT2D eigenvalue weighted by Gasteiger charge is 2.38. The lowest BCUT2D eigenvalue weighted by molar-refractivity contribution is -0.166. The van der Waals surface area contributed by atoms with Crippen molar-refractivity contribution in [2.75, 3.05) is 7.05 Å². The SMILES string of the molecule is CN(O)C(=O)C(=O)CC(O)(c1cccc(Br)c1)c1ccccc1O. The Bertz CT molecular complexity index is 777. The highest BCUT2D eigenvalue weighted by molar-refractivity contribution is 9.10. The minimum atomic E-state index is -1.93. The molecule has 0 aliphatic rings. The van der Waals surface area contributed by atoms with E-state index in [1.807, 2.05) is 0 Å². The number of para-hydroxylation sites is 1.